The Balaban J connectivity index is 1.39. The van der Waals surface area contributed by atoms with Crippen molar-refractivity contribution in [3.8, 4) is 0 Å². The molecule has 140 valence electrons. The van der Waals surface area contributed by atoms with E-state index in [2.05, 4.69) is 20.5 Å². The molecule has 2 aromatic rings. The molecular weight excluding hydrogens is 356 g/mol. The lowest BCUT2D eigenvalue weighted by molar-refractivity contribution is -0.125. The van der Waals surface area contributed by atoms with Crippen molar-refractivity contribution in [2.45, 2.75) is 6.42 Å². The number of benzene rings is 1. The van der Waals surface area contributed by atoms with E-state index in [1.807, 2.05) is 12.1 Å². The van der Waals surface area contributed by atoms with Gasteiger partial charge >= 0.3 is 0 Å². The molecule has 1 aromatic heterocycles. The molecule has 0 spiro atoms. The van der Waals surface area contributed by atoms with Crippen LogP contribution in [0.2, 0.25) is 5.02 Å². The molecule has 8 heteroatoms. The molecule has 2 amide bonds. The van der Waals surface area contributed by atoms with Gasteiger partial charge in [0.25, 0.3) is 0 Å². The van der Waals surface area contributed by atoms with Crippen molar-refractivity contribution >= 4 is 34.3 Å². The predicted molar refractivity (Wildman–Crippen MR) is 100 cm³/mol. The number of aromatic amines is 1. The second-order valence-electron chi connectivity index (χ2n) is 6.26. The molecule has 26 heavy (non-hydrogen) atoms. The molecule has 0 unspecified atom stereocenters. The summed E-state index contributed by atoms with van der Waals surface area (Å²) < 4.78 is 5.28. The summed E-state index contributed by atoms with van der Waals surface area (Å²) in [7, 11) is 0. The van der Waals surface area contributed by atoms with Gasteiger partial charge in [0, 0.05) is 48.3 Å². The van der Waals surface area contributed by atoms with Gasteiger partial charge < -0.3 is 20.4 Å². The maximum Gasteiger partial charge on any atom is 0.239 e. The van der Waals surface area contributed by atoms with Gasteiger partial charge in [-0.15, -0.1) is 0 Å². The minimum Gasteiger partial charge on any atom is -0.379 e. The molecule has 3 rings (SSSR count). The van der Waals surface area contributed by atoms with Crippen molar-refractivity contribution in [1.29, 1.82) is 0 Å². The highest BCUT2D eigenvalue weighted by Crippen LogP contribution is 2.22. The third kappa shape index (κ3) is 5.20. The van der Waals surface area contributed by atoms with Crippen LogP contribution in [-0.2, 0) is 20.7 Å². The van der Waals surface area contributed by atoms with Crippen LogP contribution in [0.4, 0.5) is 0 Å². The van der Waals surface area contributed by atoms with Crippen molar-refractivity contribution in [1.82, 2.24) is 20.5 Å². The number of ether oxygens (including phenoxy) is 1. The monoisotopic (exact) mass is 378 g/mol. The minimum atomic E-state index is -0.200. The first kappa shape index (κ1) is 18.7. The fourth-order valence-corrected chi connectivity index (χ4v) is 3.12. The highest BCUT2D eigenvalue weighted by molar-refractivity contribution is 6.31. The highest BCUT2D eigenvalue weighted by atomic mass is 35.5. The molecule has 0 aliphatic carbocycles. The maximum atomic E-state index is 12.1. The van der Waals surface area contributed by atoms with Gasteiger partial charge in [-0.25, -0.2) is 0 Å². The van der Waals surface area contributed by atoms with Crippen LogP contribution in [0.15, 0.2) is 24.4 Å². The molecule has 0 radical (unpaired) electrons. The van der Waals surface area contributed by atoms with Crippen molar-refractivity contribution in [3.63, 3.8) is 0 Å². The Morgan fingerprint density at radius 1 is 1.19 bits per heavy atom. The zero-order valence-corrected chi connectivity index (χ0v) is 15.3. The number of morpholine rings is 1. The van der Waals surface area contributed by atoms with Gasteiger partial charge in [0.05, 0.1) is 26.2 Å². The van der Waals surface area contributed by atoms with Crippen LogP contribution < -0.4 is 10.6 Å². The van der Waals surface area contributed by atoms with Crippen molar-refractivity contribution < 1.29 is 14.3 Å². The van der Waals surface area contributed by atoms with Crippen LogP contribution in [0.25, 0.3) is 10.9 Å². The molecule has 7 nitrogen and oxygen atoms in total. The Kier molecular flexibility index (Phi) is 6.49. The highest BCUT2D eigenvalue weighted by Gasteiger charge is 2.12. The summed E-state index contributed by atoms with van der Waals surface area (Å²) in [5.74, 6) is -0.386. The summed E-state index contributed by atoms with van der Waals surface area (Å²) >= 11 is 6.01. The summed E-state index contributed by atoms with van der Waals surface area (Å²) in [6.45, 7) is 4.59. The van der Waals surface area contributed by atoms with E-state index in [9.17, 15) is 9.59 Å². The number of nitrogens with zero attached hydrogens (tertiary/aromatic N) is 1. The van der Waals surface area contributed by atoms with Crippen molar-refractivity contribution in [2.75, 3.05) is 45.9 Å². The lowest BCUT2D eigenvalue weighted by Crippen LogP contribution is -2.43. The van der Waals surface area contributed by atoms with Crippen LogP contribution in [0.3, 0.4) is 0 Å². The maximum absolute atomic E-state index is 12.1. The summed E-state index contributed by atoms with van der Waals surface area (Å²) in [4.78, 5) is 29.3. The van der Waals surface area contributed by atoms with E-state index >= 15 is 0 Å². The third-order valence-electron chi connectivity index (χ3n) is 4.38. The number of carbonyl (C=O) groups excluding carboxylic acids is 2. The zero-order valence-electron chi connectivity index (χ0n) is 14.5. The number of H-pyrrole nitrogens is 1. The van der Waals surface area contributed by atoms with Gasteiger partial charge in [0.1, 0.15) is 0 Å². The molecule has 1 aromatic carbocycles. The van der Waals surface area contributed by atoms with Gasteiger partial charge in [-0.05, 0) is 23.8 Å². The van der Waals surface area contributed by atoms with Gasteiger partial charge in [0.15, 0.2) is 0 Å². The Hall–Kier alpha value is -2.09. The number of hydrogen-bond acceptors (Lipinski definition) is 4. The quantitative estimate of drug-likeness (QED) is 0.669. The summed E-state index contributed by atoms with van der Waals surface area (Å²) in [6.07, 6.45) is 1.99. The topological polar surface area (TPSA) is 86.5 Å². The van der Waals surface area contributed by atoms with E-state index in [4.69, 9.17) is 16.3 Å². The number of halogens is 1. The fraction of sp³-hybridized carbons (Fsp3) is 0.444. The summed E-state index contributed by atoms with van der Waals surface area (Å²) in [5.41, 5.74) is 1.78. The van der Waals surface area contributed by atoms with Gasteiger partial charge in [-0.1, -0.05) is 11.6 Å². The van der Waals surface area contributed by atoms with Crippen LogP contribution in [0, 0.1) is 0 Å². The molecule has 0 saturated carbocycles. The van der Waals surface area contributed by atoms with E-state index in [0.29, 0.717) is 11.6 Å². The lowest BCUT2D eigenvalue weighted by Gasteiger charge is -2.26. The van der Waals surface area contributed by atoms with Gasteiger partial charge in [-0.3, -0.25) is 14.5 Å². The van der Waals surface area contributed by atoms with E-state index in [1.165, 1.54) is 0 Å². The standard InChI is InChI=1S/C18H23ClN4O3/c19-14-1-2-16-15(10-14)13(11-21-16)9-17(24)22-12-18(25)20-3-4-23-5-7-26-8-6-23/h1-2,10-11,21H,3-9,12H2,(H,20,25)(H,22,24). The van der Waals surface area contributed by atoms with E-state index in [-0.39, 0.29) is 24.8 Å². The SMILES string of the molecule is O=C(CNC(=O)Cc1c[nH]c2ccc(Cl)cc12)NCCN1CCOCC1. The largest absolute Gasteiger partial charge is 0.379 e. The molecule has 0 bridgehead atoms. The van der Waals surface area contributed by atoms with E-state index in [1.54, 1.807) is 12.3 Å². The van der Waals surface area contributed by atoms with Gasteiger partial charge in [0.2, 0.25) is 11.8 Å². The number of fused-ring (bicyclic) bond motifs is 1. The van der Waals surface area contributed by atoms with Crippen LogP contribution in [0.5, 0.6) is 0 Å². The third-order valence-corrected chi connectivity index (χ3v) is 4.62. The molecule has 3 N–H and O–H groups in total. The average molecular weight is 379 g/mol. The first-order chi connectivity index (χ1) is 12.6. The molecule has 1 fully saturated rings. The summed E-state index contributed by atoms with van der Waals surface area (Å²) in [6, 6.07) is 5.50. The Morgan fingerprint density at radius 3 is 2.81 bits per heavy atom. The molecule has 1 aliphatic heterocycles. The number of nitrogens with one attached hydrogen (secondary N) is 3. The number of aromatic nitrogens is 1. The smallest absolute Gasteiger partial charge is 0.239 e. The lowest BCUT2D eigenvalue weighted by atomic mass is 10.1. The summed E-state index contributed by atoms with van der Waals surface area (Å²) in [5, 5.41) is 7.02. The van der Waals surface area contributed by atoms with Gasteiger partial charge in [-0.2, -0.15) is 0 Å². The number of carbonyl (C=O) groups is 2. The first-order valence-corrected chi connectivity index (χ1v) is 9.08. The van der Waals surface area contributed by atoms with Crippen LogP contribution >= 0.6 is 11.6 Å². The Morgan fingerprint density at radius 2 is 2.00 bits per heavy atom. The Labute approximate surface area is 157 Å². The fourth-order valence-electron chi connectivity index (χ4n) is 2.95. The van der Waals surface area contributed by atoms with E-state index < -0.39 is 0 Å². The molecule has 2 heterocycles. The van der Waals surface area contributed by atoms with Crippen molar-refractivity contribution in [2.24, 2.45) is 0 Å². The molecule has 1 aliphatic rings. The predicted octanol–water partition coefficient (Wildman–Crippen LogP) is 0.928. The van der Waals surface area contributed by atoms with Crippen molar-refractivity contribution in [3.05, 3.63) is 35.0 Å². The molecule has 0 atom stereocenters. The number of rotatable bonds is 7. The van der Waals surface area contributed by atoms with E-state index in [0.717, 1.165) is 49.3 Å². The zero-order chi connectivity index (χ0) is 18.4. The van der Waals surface area contributed by atoms with Crippen LogP contribution in [-0.4, -0.2) is 67.6 Å². The first-order valence-electron chi connectivity index (χ1n) is 8.71. The van der Waals surface area contributed by atoms with Crippen LogP contribution in [0.1, 0.15) is 5.56 Å². The Bertz CT molecular complexity index is 771. The minimum absolute atomic E-state index is 0.0228. The average Bonchev–Trinajstić information content (AvgIpc) is 3.03. The normalized spacial score (nSPS) is 15.1. The molecular formula is C18H23ClN4O3. The number of hydrogen-bond donors (Lipinski definition) is 3. The second-order valence-corrected chi connectivity index (χ2v) is 6.70. The second kappa shape index (κ2) is 9.02. The molecule has 1 saturated heterocycles. The number of amides is 2.